The van der Waals surface area contributed by atoms with Crippen LogP contribution in [0.4, 0.5) is 5.13 Å². The molecule has 0 aliphatic rings. The Morgan fingerprint density at radius 3 is 2.69 bits per heavy atom. The van der Waals surface area contributed by atoms with Crippen molar-refractivity contribution in [2.75, 3.05) is 32.1 Å². The summed E-state index contributed by atoms with van der Waals surface area (Å²) in [5.41, 5.74) is 1.54. The Hall–Kier alpha value is -1.96. The number of ether oxygens (including phenoxy) is 1. The highest BCUT2D eigenvalue weighted by Crippen LogP contribution is 2.23. The van der Waals surface area contributed by atoms with E-state index in [-0.39, 0.29) is 18.4 Å². The Bertz CT molecular complexity index is 723. The van der Waals surface area contributed by atoms with Crippen LogP contribution in [0, 0.1) is 6.92 Å². The molecule has 0 unspecified atom stereocenters. The molecular formula is C18H22ClN3O3S. The lowest BCUT2D eigenvalue weighted by molar-refractivity contribution is -0.134. The van der Waals surface area contributed by atoms with Gasteiger partial charge < -0.3 is 15.0 Å². The van der Waals surface area contributed by atoms with Crippen molar-refractivity contribution >= 4 is 39.9 Å². The van der Waals surface area contributed by atoms with Crippen molar-refractivity contribution < 1.29 is 14.3 Å². The Balaban J connectivity index is 2.03. The molecule has 140 valence electrons. The van der Waals surface area contributed by atoms with Gasteiger partial charge >= 0.3 is 0 Å². The molecule has 26 heavy (non-hydrogen) atoms. The van der Waals surface area contributed by atoms with Gasteiger partial charge in [0.1, 0.15) is 5.38 Å². The first-order chi connectivity index (χ1) is 12.5. The van der Waals surface area contributed by atoms with Crippen LogP contribution in [0.5, 0.6) is 0 Å². The third-order valence-corrected chi connectivity index (χ3v) is 4.91. The van der Waals surface area contributed by atoms with Gasteiger partial charge in [0.05, 0.1) is 12.2 Å². The number of thiazole rings is 1. The molecule has 1 N–H and O–H groups in total. The third-order valence-electron chi connectivity index (χ3n) is 3.60. The summed E-state index contributed by atoms with van der Waals surface area (Å²) in [6, 6.07) is 9.09. The minimum Gasteiger partial charge on any atom is -0.385 e. The van der Waals surface area contributed by atoms with Gasteiger partial charge in [-0.15, -0.1) is 22.9 Å². The highest BCUT2D eigenvalue weighted by molar-refractivity contribution is 7.13. The highest BCUT2D eigenvalue weighted by atomic mass is 35.5. The minimum absolute atomic E-state index is 0.0861. The monoisotopic (exact) mass is 395 g/mol. The van der Waals surface area contributed by atoms with Gasteiger partial charge in [-0.3, -0.25) is 9.59 Å². The van der Waals surface area contributed by atoms with Crippen molar-refractivity contribution in [3.05, 3.63) is 47.0 Å². The summed E-state index contributed by atoms with van der Waals surface area (Å²) in [5.74, 6) is -0.610. The van der Waals surface area contributed by atoms with E-state index in [9.17, 15) is 9.59 Å². The molecule has 0 saturated carbocycles. The van der Waals surface area contributed by atoms with Crippen molar-refractivity contribution in [1.29, 1.82) is 0 Å². The molecule has 0 spiro atoms. The SMILES string of the molecule is COCCCN(CC(=O)Nc1nc(C)cs1)C(=O)[C@@H](Cl)c1ccccc1. The number of aryl methyl sites for hydroxylation is 1. The van der Waals surface area contributed by atoms with Gasteiger partial charge in [-0.25, -0.2) is 4.98 Å². The summed E-state index contributed by atoms with van der Waals surface area (Å²) in [4.78, 5) is 30.8. The second-order valence-electron chi connectivity index (χ2n) is 5.72. The van der Waals surface area contributed by atoms with Crippen LogP contribution in [-0.2, 0) is 14.3 Å². The van der Waals surface area contributed by atoms with Crippen molar-refractivity contribution in [2.24, 2.45) is 0 Å². The number of rotatable bonds is 9. The van der Waals surface area contributed by atoms with E-state index in [4.69, 9.17) is 16.3 Å². The van der Waals surface area contributed by atoms with Crippen LogP contribution < -0.4 is 5.32 Å². The average molecular weight is 396 g/mol. The standard InChI is InChI=1S/C18H22ClN3O3S/c1-13-12-26-18(20-13)21-15(23)11-22(9-6-10-25-2)17(24)16(19)14-7-4-3-5-8-14/h3-5,7-8,12,16H,6,9-11H2,1-2H3,(H,20,21,23)/t16-/m0/s1. The van der Waals surface area contributed by atoms with E-state index in [2.05, 4.69) is 10.3 Å². The van der Waals surface area contributed by atoms with Crippen LogP contribution in [0.1, 0.15) is 23.1 Å². The predicted octanol–water partition coefficient (Wildman–Crippen LogP) is 3.24. The van der Waals surface area contributed by atoms with Crippen molar-refractivity contribution in [1.82, 2.24) is 9.88 Å². The number of nitrogens with zero attached hydrogens (tertiary/aromatic N) is 2. The van der Waals surface area contributed by atoms with E-state index in [1.807, 2.05) is 30.5 Å². The molecule has 0 saturated heterocycles. The zero-order chi connectivity index (χ0) is 18.9. The number of halogens is 1. The van der Waals surface area contributed by atoms with Gasteiger partial charge in [0, 0.05) is 25.6 Å². The van der Waals surface area contributed by atoms with Gasteiger partial charge in [-0.1, -0.05) is 30.3 Å². The fraction of sp³-hybridized carbons (Fsp3) is 0.389. The number of aromatic nitrogens is 1. The molecule has 2 rings (SSSR count). The van der Waals surface area contributed by atoms with Crippen molar-refractivity contribution in [3.8, 4) is 0 Å². The second kappa shape index (κ2) is 10.3. The molecule has 1 atom stereocenters. The zero-order valence-corrected chi connectivity index (χ0v) is 16.3. The molecule has 1 aromatic carbocycles. The number of alkyl halides is 1. The van der Waals surface area contributed by atoms with Crippen LogP contribution in [0.25, 0.3) is 0 Å². The number of hydrogen-bond donors (Lipinski definition) is 1. The first-order valence-electron chi connectivity index (χ1n) is 8.20. The number of carbonyl (C=O) groups is 2. The smallest absolute Gasteiger partial charge is 0.245 e. The molecule has 8 heteroatoms. The van der Waals surface area contributed by atoms with Gasteiger partial charge in [-0.05, 0) is 18.9 Å². The number of carbonyl (C=O) groups excluding carboxylic acids is 2. The second-order valence-corrected chi connectivity index (χ2v) is 7.02. The molecule has 0 bridgehead atoms. The molecule has 2 aromatic rings. The van der Waals surface area contributed by atoms with Crippen LogP contribution in [0.15, 0.2) is 35.7 Å². The first-order valence-corrected chi connectivity index (χ1v) is 9.51. The first kappa shape index (κ1) is 20.4. The third kappa shape index (κ3) is 6.09. The van der Waals surface area contributed by atoms with Crippen LogP contribution in [0.2, 0.25) is 0 Å². The molecule has 0 radical (unpaired) electrons. The Labute approximate surface area is 162 Å². The Morgan fingerprint density at radius 2 is 2.08 bits per heavy atom. The van der Waals surface area contributed by atoms with Gasteiger partial charge in [0.2, 0.25) is 11.8 Å². The van der Waals surface area contributed by atoms with Crippen molar-refractivity contribution in [3.63, 3.8) is 0 Å². The number of anilines is 1. The maximum atomic E-state index is 12.8. The van der Waals surface area contributed by atoms with Gasteiger partial charge in [0.15, 0.2) is 5.13 Å². The highest BCUT2D eigenvalue weighted by Gasteiger charge is 2.25. The van der Waals surface area contributed by atoms with Gasteiger partial charge in [0.25, 0.3) is 0 Å². The largest absolute Gasteiger partial charge is 0.385 e. The van der Waals surface area contributed by atoms with E-state index < -0.39 is 5.38 Å². The van der Waals surface area contributed by atoms with E-state index in [1.54, 1.807) is 19.2 Å². The predicted molar refractivity (Wildman–Crippen MR) is 104 cm³/mol. The molecule has 0 aliphatic heterocycles. The van der Waals surface area contributed by atoms with Crippen LogP contribution >= 0.6 is 22.9 Å². The molecule has 0 aliphatic carbocycles. The number of hydrogen-bond acceptors (Lipinski definition) is 5. The summed E-state index contributed by atoms with van der Waals surface area (Å²) < 4.78 is 5.04. The fourth-order valence-electron chi connectivity index (χ4n) is 2.34. The summed E-state index contributed by atoms with van der Waals surface area (Å²) in [5, 5.41) is 4.24. The number of amides is 2. The molecule has 6 nitrogen and oxygen atoms in total. The number of methoxy groups -OCH3 is 1. The van der Waals surface area contributed by atoms with Gasteiger partial charge in [-0.2, -0.15) is 0 Å². The lowest BCUT2D eigenvalue weighted by Crippen LogP contribution is -2.40. The molecular weight excluding hydrogens is 374 g/mol. The normalized spacial score (nSPS) is 11.8. The Kier molecular flexibility index (Phi) is 8.03. The maximum absolute atomic E-state index is 12.8. The van der Waals surface area contributed by atoms with Crippen molar-refractivity contribution in [2.45, 2.75) is 18.7 Å². The quantitative estimate of drug-likeness (QED) is 0.522. The van der Waals surface area contributed by atoms with E-state index in [0.717, 1.165) is 5.69 Å². The minimum atomic E-state index is -0.839. The zero-order valence-electron chi connectivity index (χ0n) is 14.8. The van der Waals surface area contributed by atoms with E-state index in [0.29, 0.717) is 30.3 Å². The molecule has 1 heterocycles. The van der Waals surface area contributed by atoms with Crippen LogP contribution in [-0.4, -0.2) is 48.5 Å². The number of benzene rings is 1. The lowest BCUT2D eigenvalue weighted by atomic mass is 10.1. The fourth-order valence-corrected chi connectivity index (χ4v) is 3.32. The number of nitrogens with one attached hydrogen (secondary N) is 1. The lowest BCUT2D eigenvalue weighted by Gasteiger charge is -2.24. The average Bonchev–Trinajstić information content (AvgIpc) is 3.05. The summed E-state index contributed by atoms with van der Waals surface area (Å²) in [7, 11) is 1.60. The van der Waals surface area contributed by atoms with Crippen LogP contribution in [0.3, 0.4) is 0 Å². The van der Waals surface area contributed by atoms with E-state index >= 15 is 0 Å². The summed E-state index contributed by atoms with van der Waals surface area (Å²) in [6.07, 6.45) is 0.615. The Morgan fingerprint density at radius 1 is 1.35 bits per heavy atom. The molecule has 2 amide bonds. The topological polar surface area (TPSA) is 71.5 Å². The molecule has 1 aromatic heterocycles. The summed E-state index contributed by atoms with van der Waals surface area (Å²) in [6.45, 7) is 2.64. The summed E-state index contributed by atoms with van der Waals surface area (Å²) >= 11 is 7.69. The van der Waals surface area contributed by atoms with E-state index in [1.165, 1.54) is 16.2 Å². The molecule has 0 fully saturated rings. The maximum Gasteiger partial charge on any atom is 0.245 e.